The Kier molecular flexibility index (Phi) is 7.07. The molecule has 2 N–H and O–H groups in total. The highest BCUT2D eigenvalue weighted by Crippen LogP contribution is 2.24. The molecule has 0 spiro atoms. The second-order valence-electron chi connectivity index (χ2n) is 6.77. The molecule has 0 aliphatic rings. The van der Waals surface area contributed by atoms with E-state index in [9.17, 15) is 9.59 Å². The van der Waals surface area contributed by atoms with Crippen molar-refractivity contribution in [1.29, 1.82) is 0 Å². The number of rotatable bonds is 8. The van der Waals surface area contributed by atoms with Crippen LogP contribution in [0.1, 0.15) is 46.1 Å². The van der Waals surface area contributed by atoms with Crippen LogP contribution in [0.25, 0.3) is 0 Å². The Hall–Kier alpha value is -2.04. The first-order valence-corrected chi connectivity index (χ1v) is 7.93. The SMILES string of the molecule is CC(CNC(=O)CCCOc1ccc(C(C)(C)C)cc1)C(=O)O. The highest BCUT2D eigenvalue weighted by molar-refractivity contribution is 5.77. The summed E-state index contributed by atoms with van der Waals surface area (Å²) in [6.07, 6.45) is 0.917. The van der Waals surface area contributed by atoms with Crippen molar-refractivity contribution in [3.8, 4) is 5.75 Å². The molecule has 0 aliphatic carbocycles. The lowest BCUT2D eigenvalue weighted by Crippen LogP contribution is -2.31. The van der Waals surface area contributed by atoms with Gasteiger partial charge in [-0.3, -0.25) is 9.59 Å². The van der Waals surface area contributed by atoms with Gasteiger partial charge in [-0.15, -0.1) is 0 Å². The molecule has 23 heavy (non-hydrogen) atoms. The van der Waals surface area contributed by atoms with E-state index in [0.717, 1.165) is 5.75 Å². The Labute approximate surface area is 138 Å². The van der Waals surface area contributed by atoms with E-state index in [1.165, 1.54) is 5.56 Å². The Morgan fingerprint density at radius 1 is 1.22 bits per heavy atom. The van der Waals surface area contributed by atoms with Crippen LogP contribution in [0, 0.1) is 5.92 Å². The summed E-state index contributed by atoms with van der Waals surface area (Å²) in [5.41, 5.74) is 1.36. The smallest absolute Gasteiger partial charge is 0.308 e. The van der Waals surface area contributed by atoms with Gasteiger partial charge in [0.25, 0.3) is 0 Å². The van der Waals surface area contributed by atoms with Crippen LogP contribution in [-0.2, 0) is 15.0 Å². The first-order chi connectivity index (χ1) is 10.7. The minimum Gasteiger partial charge on any atom is -0.494 e. The van der Waals surface area contributed by atoms with Crippen molar-refractivity contribution < 1.29 is 19.4 Å². The first kappa shape index (κ1) is 19.0. The maximum absolute atomic E-state index is 11.6. The summed E-state index contributed by atoms with van der Waals surface area (Å²) in [7, 11) is 0. The average molecular weight is 321 g/mol. The van der Waals surface area contributed by atoms with Gasteiger partial charge in [0.05, 0.1) is 12.5 Å². The molecule has 0 saturated carbocycles. The largest absolute Gasteiger partial charge is 0.494 e. The Balaban J connectivity index is 2.24. The topological polar surface area (TPSA) is 75.6 Å². The number of benzene rings is 1. The third-order valence-electron chi connectivity index (χ3n) is 3.56. The van der Waals surface area contributed by atoms with Gasteiger partial charge >= 0.3 is 5.97 Å². The van der Waals surface area contributed by atoms with Crippen LogP contribution in [-0.4, -0.2) is 30.1 Å². The average Bonchev–Trinajstić information content (AvgIpc) is 2.48. The van der Waals surface area contributed by atoms with Gasteiger partial charge in [0, 0.05) is 13.0 Å². The molecular weight excluding hydrogens is 294 g/mol. The standard InChI is InChI=1S/C18H27NO4/c1-13(17(21)22)12-19-16(20)6-5-11-23-15-9-7-14(8-10-15)18(2,3)4/h7-10,13H,5-6,11-12H2,1-4H3,(H,19,20)(H,21,22). The van der Waals surface area contributed by atoms with Crippen molar-refractivity contribution in [3.05, 3.63) is 29.8 Å². The fourth-order valence-electron chi connectivity index (χ4n) is 1.92. The second kappa shape index (κ2) is 8.56. The van der Waals surface area contributed by atoms with Gasteiger partial charge < -0.3 is 15.2 Å². The fraction of sp³-hybridized carbons (Fsp3) is 0.556. The van der Waals surface area contributed by atoms with Crippen LogP contribution >= 0.6 is 0 Å². The quantitative estimate of drug-likeness (QED) is 0.722. The number of ether oxygens (including phenoxy) is 1. The number of carbonyl (C=O) groups excluding carboxylic acids is 1. The first-order valence-electron chi connectivity index (χ1n) is 7.93. The van der Waals surface area contributed by atoms with Crippen molar-refractivity contribution in [1.82, 2.24) is 5.32 Å². The number of hydrogen-bond acceptors (Lipinski definition) is 3. The summed E-state index contributed by atoms with van der Waals surface area (Å²) in [6.45, 7) is 8.65. The summed E-state index contributed by atoms with van der Waals surface area (Å²) in [5, 5.41) is 11.3. The van der Waals surface area contributed by atoms with Crippen molar-refractivity contribution in [2.75, 3.05) is 13.2 Å². The Morgan fingerprint density at radius 3 is 2.35 bits per heavy atom. The molecule has 1 amide bonds. The van der Waals surface area contributed by atoms with Crippen LogP contribution in [0.4, 0.5) is 0 Å². The number of nitrogens with one attached hydrogen (secondary N) is 1. The number of carboxylic acids is 1. The lowest BCUT2D eigenvalue weighted by atomic mass is 9.87. The van der Waals surface area contributed by atoms with Crippen LogP contribution < -0.4 is 10.1 Å². The van der Waals surface area contributed by atoms with Crippen molar-refractivity contribution in [2.45, 2.75) is 46.0 Å². The van der Waals surface area contributed by atoms with E-state index in [4.69, 9.17) is 9.84 Å². The van der Waals surface area contributed by atoms with E-state index < -0.39 is 11.9 Å². The second-order valence-corrected chi connectivity index (χ2v) is 6.77. The fourth-order valence-corrected chi connectivity index (χ4v) is 1.92. The van der Waals surface area contributed by atoms with Crippen molar-refractivity contribution >= 4 is 11.9 Å². The maximum Gasteiger partial charge on any atom is 0.308 e. The summed E-state index contributed by atoms with van der Waals surface area (Å²) in [6, 6.07) is 7.98. The molecule has 0 aromatic heterocycles. The molecule has 0 fully saturated rings. The van der Waals surface area contributed by atoms with Gasteiger partial charge in [-0.1, -0.05) is 39.8 Å². The molecule has 0 heterocycles. The zero-order valence-corrected chi connectivity index (χ0v) is 14.4. The predicted molar refractivity (Wildman–Crippen MR) is 89.7 cm³/mol. The molecule has 1 rings (SSSR count). The van der Waals surface area contributed by atoms with Crippen LogP contribution in [0.15, 0.2) is 24.3 Å². The third-order valence-corrected chi connectivity index (χ3v) is 3.56. The number of carboxylic acid groups (broad SMARTS) is 1. The molecule has 5 nitrogen and oxygen atoms in total. The highest BCUT2D eigenvalue weighted by Gasteiger charge is 2.13. The van der Waals surface area contributed by atoms with E-state index in [0.29, 0.717) is 19.4 Å². The zero-order chi connectivity index (χ0) is 17.5. The van der Waals surface area contributed by atoms with Gasteiger partial charge in [0.15, 0.2) is 0 Å². The molecule has 0 radical (unpaired) electrons. The Bertz CT molecular complexity index is 517. The van der Waals surface area contributed by atoms with Gasteiger partial charge in [-0.2, -0.15) is 0 Å². The Morgan fingerprint density at radius 2 is 1.83 bits per heavy atom. The van der Waals surface area contributed by atoms with E-state index in [-0.39, 0.29) is 17.9 Å². The highest BCUT2D eigenvalue weighted by atomic mass is 16.5. The van der Waals surface area contributed by atoms with Gasteiger partial charge in [0.2, 0.25) is 5.91 Å². The zero-order valence-electron chi connectivity index (χ0n) is 14.4. The molecule has 0 aliphatic heterocycles. The number of amides is 1. The molecule has 1 aromatic rings. The molecule has 5 heteroatoms. The third kappa shape index (κ3) is 7.17. The van der Waals surface area contributed by atoms with Gasteiger partial charge in [-0.25, -0.2) is 0 Å². The molecule has 1 unspecified atom stereocenters. The lowest BCUT2D eigenvalue weighted by Gasteiger charge is -2.19. The van der Waals surface area contributed by atoms with E-state index in [1.807, 2.05) is 12.1 Å². The number of hydrogen-bond donors (Lipinski definition) is 2. The van der Waals surface area contributed by atoms with Crippen molar-refractivity contribution in [3.63, 3.8) is 0 Å². The summed E-state index contributed by atoms with van der Waals surface area (Å²) < 4.78 is 5.61. The molecule has 1 atom stereocenters. The maximum atomic E-state index is 11.6. The summed E-state index contributed by atoms with van der Waals surface area (Å²) >= 11 is 0. The number of aliphatic carboxylic acids is 1. The molecule has 1 aromatic carbocycles. The monoisotopic (exact) mass is 321 g/mol. The summed E-state index contributed by atoms with van der Waals surface area (Å²) in [5.74, 6) is -0.841. The van der Waals surface area contributed by atoms with Crippen molar-refractivity contribution in [2.24, 2.45) is 5.92 Å². The van der Waals surface area contributed by atoms with E-state index in [2.05, 4.69) is 38.2 Å². The predicted octanol–water partition coefficient (Wildman–Crippen LogP) is 2.98. The number of carbonyl (C=O) groups is 2. The molecule has 0 bridgehead atoms. The van der Waals surface area contributed by atoms with Crippen LogP contribution in [0.2, 0.25) is 0 Å². The minimum atomic E-state index is -0.910. The summed E-state index contributed by atoms with van der Waals surface area (Å²) in [4.78, 5) is 22.2. The van der Waals surface area contributed by atoms with E-state index in [1.54, 1.807) is 6.92 Å². The van der Waals surface area contributed by atoms with Gasteiger partial charge in [-0.05, 0) is 29.5 Å². The normalized spacial score (nSPS) is 12.5. The minimum absolute atomic E-state index is 0.115. The van der Waals surface area contributed by atoms with Crippen LogP contribution in [0.5, 0.6) is 5.75 Å². The van der Waals surface area contributed by atoms with Gasteiger partial charge in [0.1, 0.15) is 5.75 Å². The van der Waals surface area contributed by atoms with Crippen LogP contribution in [0.3, 0.4) is 0 Å². The molecule has 0 saturated heterocycles. The lowest BCUT2D eigenvalue weighted by molar-refractivity contribution is -0.141. The van der Waals surface area contributed by atoms with E-state index >= 15 is 0 Å². The molecule has 128 valence electrons. The molecular formula is C18H27NO4.